The van der Waals surface area contributed by atoms with Crippen LogP contribution in [0.4, 0.5) is 4.39 Å². The number of hydrogen-bond donors (Lipinski definition) is 0. The van der Waals surface area contributed by atoms with E-state index in [4.69, 9.17) is 4.74 Å². The molecule has 1 aliphatic heterocycles. The number of halogens is 1. The Labute approximate surface area is 121 Å². The van der Waals surface area contributed by atoms with Crippen LogP contribution in [0.3, 0.4) is 0 Å². The van der Waals surface area contributed by atoms with Gasteiger partial charge in [0.1, 0.15) is 11.9 Å². The lowest BCUT2D eigenvalue weighted by Gasteiger charge is -2.32. The van der Waals surface area contributed by atoms with Gasteiger partial charge in [-0.3, -0.25) is 14.8 Å². The van der Waals surface area contributed by atoms with Crippen LogP contribution in [0, 0.1) is 5.82 Å². The Kier molecular flexibility index (Phi) is 3.87. The SMILES string of the molecule is O=C(c1ccc(F)cc1)N1CCO[C@H](c2cnccn2)C1. The summed E-state index contributed by atoms with van der Waals surface area (Å²) >= 11 is 0. The van der Waals surface area contributed by atoms with Crippen LogP contribution in [0.1, 0.15) is 22.2 Å². The van der Waals surface area contributed by atoms with Crippen LogP contribution in [0.25, 0.3) is 0 Å². The van der Waals surface area contributed by atoms with Gasteiger partial charge in [0.15, 0.2) is 0 Å². The molecule has 1 atom stereocenters. The molecule has 0 aliphatic carbocycles. The molecule has 3 rings (SSSR count). The molecular formula is C15H14FN3O2. The topological polar surface area (TPSA) is 55.3 Å². The first-order chi connectivity index (χ1) is 10.2. The van der Waals surface area contributed by atoms with Crippen LogP contribution >= 0.6 is 0 Å². The van der Waals surface area contributed by atoms with E-state index in [0.717, 1.165) is 0 Å². The Balaban J connectivity index is 1.74. The van der Waals surface area contributed by atoms with Gasteiger partial charge in [-0.1, -0.05) is 0 Å². The van der Waals surface area contributed by atoms with E-state index in [9.17, 15) is 9.18 Å². The number of morpholine rings is 1. The van der Waals surface area contributed by atoms with Crippen LogP contribution in [0.2, 0.25) is 0 Å². The zero-order chi connectivity index (χ0) is 14.7. The van der Waals surface area contributed by atoms with Gasteiger partial charge in [-0.2, -0.15) is 0 Å². The highest BCUT2D eigenvalue weighted by Crippen LogP contribution is 2.21. The van der Waals surface area contributed by atoms with Gasteiger partial charge in [-0.25, -0.2) is 4.39 Å². The van der Waals surface area contributed by atoms with Gasteiger partial charge >= 0.3 is 0 Å². The Bertz CT molecular complexity index is 619. The first kappa shape index (κ1) is 13.6. The minimum atomic E-state index is -0.356. The summed E-state index contributed by atoms with van der Waals surface area (Å²) in [6.45, 7) is 1.36. The Morgan fingerprint density at radius 1 is 1.29 bits per heavy atom. The molecule has 0 unspecified atom stereocenters. The molecule has 0 radical (unpaired) electrons. The van der Waals surface area contributed by atoms with Crippen molar-refractivity contribution in [2.24, 2.45) is 0 Å². The third-order valence-electron chi connectivity index (χ3n) is 3.36. The normalized spacial score (nSPS) is 18.5. The van der Waals surface area contributed by atoms with E-state index in [1.165, 1.54) is 24.3 Å². The van der Waals surface area contributed by atoms with Crippen LogP contribution in [0.5, 0.6) is 0 Å². The monoisotopic (exact) mass is 287 g/mol. The molecule has 5 nitrogen and oxygen atoms in total. The van der Waals surface area contributed by atoms with Crippen molar-refractivity contribution >= 4 is 5.91 Å². The van der Waals surface area contributed by atoms with E-state index < -0.39 is 0 Å². The van der Waals surface area contributed by atoms with Gasteiger partial charge in [0.2, 0.25) is 0 Å². The number of nitrogens with zero attached hydrogens (tertiary/aromatic N) is 3. The molecule has 0 N–H and O–H groups in total. The number of hydrogen-bond acceptors (Lipinski definition) is 4. The molecule has 0 spiro atoms. The summed E-state index contributed by atoms with van der Waals surface area (Å²) in [4.78, 5) is 22.3. The molecule has 1 aliphatic rings. The van der Waals surface area contributed by atoms with E-state index in [0.29, 0.717) is 31.0 Å². The van der Waals surface area contributed by atoms with E-state index >= 15 is 0 Å². The maximum atomic E-state index is 12.9. The van der Waals surface area contributed by atoms with Crippen molar-refractivity contribution in [1.29, 1.82) is 0 Å². The van der Waals surface area contributed by atoms with Crippen LogP contribution < -0.4 is 0 Å². The lowest BCUT2D eigenvalue weighted by atomic mass is 10.1. The number of ether oxygens (including phenoxy) is 1. The molecule has 0 bridgehead atoms. The lowest BCUT2D eigenvalue weighted by molar-refractivity contribution is -0.0249. The van der Waals surface area contributed by atoms with Gasteiger partial charge in [0, 0.05) is 24.5 Å². The van der Waals surface area contributed by atoms with Crippen molar-refractivity contribution in [3.63, 3.8) is 0 Å². The fraction of sp³-hybridized carbons (Fsp3) is 0.267. The Morgan fingerprint density at radius 2 is 2.10 bits per heavy atom. The predicted octanol–water partition coefficient (Wildman–Crippen LogP) is 1.83. The second-order valence-electron chi connectivity index (χ2n) is 4.75. The largest absolute Gasteiger partial charge is 0.368 e. The summed E-state index contributed by atoms with van der Waals surface area (Å²) in [5, 5.41) is 0. The molecule has 2 aromatic rings. The number of amides is 1. The molecule has 6 heteroatoms. The highest BCUT2D eigenvalue weighted by atomic mass is 19.1. The average molecular weight is 287 g/mol. The first-order valence-electron chi connectivity index (χ1n) is 6.66. The molecule has 2 heterocycles. The minimum Gasteiger partial charge on any atom is -0.368 e. The van der Waals surface area contributed by atoms with Crippen molar-refractivity contribution in [3.05, 3.63) is 59.9 Å². The van der Waals surface area contributed by atoms with Gasteiger partial charge in [0.25, 0.3) is 5.91 Å². The molecular weight excluding hydrogens is 273 g/mol. The summed E-state index contributed by atoms with van der Waals surface area (Å²) in [5.41, 5.74) is 1.17. The fourth-order valence-corrected chi connectivity index (χ4v) is 2.26. The zero-order valence-electron chi connectivity index (χ0n) is 11.3. The van der Waals surface area contributed by atoms with Gasteiger partial charge < -0.3 is 9.64 Å². The van der Waals surface area contributed by atoms with E-state index in [1.54, 1.807) is 23.5 Å². The minimum absolute atomic E-state index is 0.132. The van der Waals surface area contributed by atoms with Gasteiger partial charge in [-0.15, -0.1) is 0 Å². The summed E-state index contributed by atoms with van der Waals surface area (Å²) in [7, 11) is 0. The third-order valence-corrected chi connectivity index (χ3v) is 3.36. The molecule has 1 amide bonds. The number of carbonyl (C=O) groups is 1. The zero-order valence-corrected chi connectivity index (χ0v) is 11.3. The number of carbonyl (C=O) groups excluding carboxylic acids is 1. The van der Waals surface area contributed by atoms with Crippen LogP contribution in [0.15, 0.2) is 42.9 Å². The highest BCUT2D eigenvalue weighted by Gasteiger charge is 2.26. The molecule has 1 fully saturated rings. The molecule has 0 saturated carbocycles. The van der Waals surface area contributed by atoms with Crippen molar-refractivity contribution in [2.75, 3.05) is 19.7 Å². The standard InChI is InChI=1S/C15H14FN3O2/c16-12-3-1-11(2-4-12)15(20)19-7-8-21-14(10-19)13-9-17-5-6-18-13/h1-6,9,14H,7-8,10H2/t14-/m0/s1. The lowest BCUT2D eigenvalue weighted by Crippen LogP contribution is -2.42. The fourth-order valence-electron chi connectivity index (χ4n) is 2.26. The first-order valence-corrected chi connectivity index (χ1v) is 6.66. The van der Waals surface area contributed by atoms with E-state index in [-0.39, 0.29) is 17.8 Å². The predicted molar refractivity (Wildman–Crippen MR) is 73.0 cm³/mol. The van der Waals surface area contributed by atoms with E-state index in [2.05, 4.69) is 9.97 Å². The maximum absolute atomic E-state index is 12.9. The molecule has 1 saturated heterocycles. The van der Waals surface area contributed by atoms with E-state index in [1.807, 2.05) is 0 Å². The van der Waals surface area contributed by atoms with Crippen molar-refractivity contribution in [2.45, 2.75) is 6.10 Å². The smallest absolute Gasteiger partial charge is 0.254 e. The molecule has 1 aromatic heterocycles. The van der Waals surface area contributed by atoms with Gasteiger partial charge in [0.05, 0.1) is 25.0 Å². The van der Waals surface area contributed by atoms with Crippen molar-refractivity contribution < 1.29 is 13.9 Å². The number of rotatable bonds is 2. The van der Waals surface area contributed by atoms with Crippen molar-refractivity contribution in [1.82, 2.24) is 14.9 Å². The maximum Gasteiger partial charge on any atom is 0.254 e. The number of benzene rings is 1. The Morgan fingerprint density at radius 3 is 2.81 bits per heavy atom. The molecule has 108 valence electrons. The average Bonchev–Trinajstić information content (AvgIpc) is 2.56. The second-order valence-corrected chi connectivity index (χ2v) is 4.75. The summed E-state index contributed by atoms with van der Waals surface area (Å²) < 4.78 is 18.6. The van der Waals surface area contributed by atoms with Gasteiger partial charge in [-0.05, 0) is 24.3 Å². The van der Waals surface area contributed by atoms with Crippen LogP contribution in [-0.4, -0.2) is 40.5 Å². The summed E-state index contributed by atoms with van der Waals surface area (Å²) in [5.74, 6) is -0.488. The second kappa shape index (κ2) is 5.97. The van der Waals surface area contributed by atoms with Crippen LogP contribution in [-0.2, 0) is 4.74 Å². The Hall–Kier alpha value is -2.34. The summed E-state index contributed by atoms with van der Waals surface area (Å²) in [6, 6.07) is 5.55. The molecule has 1 aromatic carbocycles. The number of aromatic nitrogens is 2. The summed E-state index contributed by atoms with van der Waals surface area (Å²) in [6.07, 6.45) is 4.54. The third kappa shape index (κ3) is 3.05. The van der Waals surface area contributed by atoms with Crippen molar-refractivity contribution in [3.8, 4) is 0 Å². The highest BCUT2D eigenvalue weighted by molar-refractivity contribution is 5.94. The molecule has 21 heavy (non-hydrogen) atoms. The quantitative estimate of drug-likeness (QED) is 0.845.